The van der Waals surface area contributed by atoms with E-state index in [0.29, 0.717) is 27.4 Å². The molecule has 0 saturated heterocycles. The van der Waals surface area contributed by atoms with E-state index in [4.69, 9.17) is 4.98 Å². The summed E-state index contributed by atoms with van der Waals surface area (Å²) in [5.41, 5.74) is 3.71. The van der Waals surface area contributed by atoms with E-state index in [-0.39, 0.29) is 4.90 Å². The molecule has 3 heterocycles. The predicted molar refractivity (Wildman–Crippen MR) is 125 cm³/mol. The van der Waals surface area contributed by atoms with Crippen LogP contribution in [0.3, 0.4) is 0 Å². The SMILES string of the molecule is O=S1(=O)c2ccccc2-n2c(-c3cc4ccccc4c4ncccc34)nc3cccc1c32. The topological polar surface area (TPSA) is 64.8 Å². The first kappa shape index (κ1) is 17.6. The van der Waals surface area contributed by atoms with E-state index in [0.717, 1.165) is 27.2 Å². The van der Waals surface area contributed by atoms with Crippen LogP contribution in [-0.4, -0.2) is 23.0 Å². The standard InChI is InChI=1S/C26H15N3O2S/c30-32(31)22-12-4-3-11-21(22)29-25-20(10-5-13-23(25)32)28-26(29)19-15-16-7-1-2-8-17(16)24-18(19)9-6-14-27-24/h1-15H. The average Bonchev–Trinajstić information content (AvgIpc) is 3.22. The minimum atomic E-state index is -3.63. The van der Waals surface area contributed by atoms with Crippen LogP contribution in [0, 0.1) is 0 Å². The second kappa shape index (κ2) is 6.02. The number of hydrogen-bond acceptors (Lipinski definition) is 4. The van der Waals surface area contributed by atoms with Gasteiger partial charge < -0.3 is 0 Å². The van der Waals surface area contributed by atoms with Crippen LogP contribution in [0.1, 0.15) is 0 Å². The van der Waals surface area contributed by atoms with Crippen LogP contribution in [0.4, 0.5) is 0 Å². The highest BCUT2D eigenvalue weighted by Gasteiger charge is 2.33. The van der Waals surface area contributed by atoms with Gasteiger partial charge >= 0.3 is 0 Å². The summed E-state index contributed by atoms with van der Waals surface area (Å²) in [5.74, 6) is 0.707. The minimum Gasteiger partial charge on any atom is -0.290 e. The number of sulfone groups is 1. The van der Waals surface area contributed by atoms with Crippen molar-refractivity contribution < 1.29 is 8.42 Å². The Morgan fingerprint density at radius 1 is 0.750 bits per heavy atom. The van der Waals surface area contributed by atoms with Crippen molar-refractivity contribution in [3.63, 3.8) is 0 Å². The van der Waals surface area contributed by atoms with Crippen LogP contribution >= 0.6 is 0 Å². The summed E-state index contributed by atoms with van der Waals surface area (Å²) in [6.45, 7) is 0. The number of rotatable bonds is 1. The van der Waals surface area contributed by atoms with Crippen molar-refractivity contribution in [2.24, 2.45) is 0 Å². The average molecular weight is 433 g/mol. The van der Waals surface area contributed by atoms with E-state index >= 15 is 0 Å². The van der Waals surface area contributed by atoms with Crippen LogP contribution in [0.15, 0.2) is 101 Å². The molecule has 32 heavy (non-hydrogen) atoms. The summed E-state index contributed by atoms with van der Waals surface area (Å²) < 4.78 is 28.7. The number of para-hydroxylation sites is 2. The molecule has 4 aromatic carbocycles. The number of nitrogens with zero attached hydrogens (tertiary/aromatic N) is 3. The Kier molecular flexibility index (Phi) is 3.32. The molecule has 0 bridgehead atoms. The van der Waals surface area contributed by atoms with Crippen LogP contribution in [0.5, 0.6) is 0 Å². The Balaban J connectivity index is 1.71. The van der Waals surface area contributed by atoms with Gasteiger partial charge in [-0.15, -0.1) is 0 Å². The molecular weight excluding hydrogens is 418 g/mol. The first-order valence-electron chi connectivity index (χ1n) is 10.3. The molecule has 0 radical (unpaired) electrons. The van der Waals surface area contributed by atoms with Crippen LogP contribution in [-0.2, 0) is 9.84 Å². The number of pyridine rings is 1. The van der Waals surface area contributed by atoms with Gasteiger partial charge in [-0.25, -0.2) is 13.4 Å². The number of benzene rings is 4. The summed E-state index contributed by atoms with van der Waals surface area (Å²) in [4.78, 5) is 10.2. The lowest BCUT2D eigenvalue weighted by Gasteiger charge is -2.21. The maximum absolute atomic E-state index is 13.4. The van der Waals surface area contributed by atoms with Gasteiger partial charge in [0.15, 0.2) is 0 Å². The largest absolute Gasteiger partial charge is 0.290 e. The molecular formula is C26H15N3O2S. The van der Waals surface area contributed by atoms with Gasteiger partial charge in [-0.1, -0.05) is 48.5 Å². The molecule has 7 rings (SSSR count). The van der Waals surface area contributed by atoms with Crippen molar-refractivity contribution >= 4 is 42.5 Å². The van der Waals surface area contributed by atoms with E-state index in [1.807, 2.05) is 47.0 Å². The molecule has 6 heteroatoms. The zero-order valence-corrected chi connectivity index (χ0v) is 17.5. The van der Waals surface area contributed by atoms with Gasteiger partial charge in [0.2, 0.25) is 9.84 Å². The number of hydrogen-bond donors (Lipinski definition) is 0. The zero-order chi connectivity index (χ0) is 21.4. The second-order valence-electron chi connectivity index (χ2n) is 7.91. The lowest BCUT2D eigenvalue weighted by atomic mass is 10.00. The number of aromatic nitrogens is 3. The van der Waals surface area contributed by atoms with E-state index < -0.39 is 9.84 Å². The quantitative estimate of drug-likeness (QED) is 0.319. The van der Waals surface area contributed by atoms with Gasteiger partial charge in [0, 0.05) is 22.5 Å². The van der Waals surface area contributed by atoms with E-state index in [1.165, 1.54) is 0 Å². The van der Waals surface area contributed by atoms with Crippen molar-refractivity contribution in [2.75, 3.05) is 0 Å². The molecule has 0 N–H and O–H groups in total. The Labute approximate surface area is 183 Å². The van der Waals surface area contributed by atoms with Crippen molar-refractivity contribution in [3.8, 4) is 17.1 Å². The maximum Gasteiger partial charge on any atom is 0.210 e. The highest BCUT2D eigenvalue weighted by atomic mass is 32.2. The van der Waals surface area contributed by atoms with Gasteiger partial charge in [0.05, 0.1) is 32.0 Å². The first-order chi connectivity index (χ1) is 15.6. The molecule has 1 aliphatic rings. The normalized spacial score (nSPS) is 14.1. The number of fused-ring (bicyclic) bond motifs is 5. The molecule has 6 aromatic rings. The van der Waals surface area contributed by atoms with Crippen molar-refractivity contribution in [3.05, 3.63) is 91.1 Å². The summed E-state index contributed by atoms with van der Waals surface area (Å²) in [7, 11) is -3.63. The van der Waals surface area contributed by atoms with E-state index in [9.17, 15) is 8.42 Å². The zero-order valence-electron chi connectivity index (χ0n) is 16.7. The van der Waals surface area contributed by atoms with Crippen LogP contribution < -0.4 is 0 Å². The first-order valence-corrected chi connectivity index (χ1v) is 11.8. The molecule has 0 saturated carbocycles. The molecule has 5 nitrogen and oxygen atoms in total. The Hall–Kier alpha value is -4.03. The van der Waals surface area contributed by atoms with E-state index in [1.54, 1.807) is 30.5 Å². The third-order valence-corrected chi connectivity index (χ3v) is 8.01. The van der Waals surface area contributed by atoms with Crippen molar-refractivity contribution in [1.82, 2.24) is 14.5 Å². The Morgan fingerprint density at radius 3 is 2.47 bits per heavy atom. The molecule has 0 fully saturated rings. The monoisotopic (exact) mass is 433 g/mol. The van der Waals surface area contributed by atoms with E-state index in [2.05, 4.69) is 23.2 Å². The molecule has 1 aliphatic heterocycles. The fourth-order valence-corrected chi connectivity index (χ4v) is 6.45. The van der Waals surface area contributed by atoms with Gasteiger partial charge in [-0.3, -0.25) is 9.55 Å². The highest BCUT2D eigenvalue weighted by Crippen LogP contribution is 2.43. The highest BCUT2D eigenvalue weighted by molar-refractivity contribution is 7.92. The number of imidazole rings is 1. The van der Waals surface area contributed by atoms with Gasteiger partial charge in [-0.05, 0) is 41.8 Å². The molecule has 152 valence electrons. The molecule has 2 aromatic heterocycles. The molecule has 0 spiro atoms. The molecule has 0 aliphatic carbocycles. The van der Waals surface area contributed by atoms with Gasteiger partial charge in [0.1, 0.15) is 5.82 Å². The molecule has 0 unspecified atom stereocenters. The summed E-state index contributed by atoms with van der Waals surface area (Å²) in [6.07, 6.45) is 1.80. The lowest BCUT2D eigenvalue weighted by Crippen LogP contribution is -2.14. The smallest absolute Gasteiger partial charge is 0.210 e. The molecule has 0 atom stereocenters. The summed E-state index contributed by atoms with van der Waals surface area (Å²) in [6, 6.07) is 26.6. The van der Waals surface area contributed by atoms with Crippen LogP contribution in [0.2, 0.25) is 0 Å². The van der Waals surface area contributed by atoms with Crippen LogP contribution in [0.25, 0.3) is 49.8 Å². The Bertz CT molecular complexity index is 1850. The van der Waals surface area contributed by atoms with Gasteiger partial charge in [0.25, 0.3) is 0 Å². The fourth-order valence-electron chi connectivity index (χ4n) is 4.81. The summed E-state index contributed by atoms with van der Waals surface area (Å²) >= 11 is 0. The van der Waals surface area contributed by atoms with Crippen molar-refractivity contribution in [2.45, 2.75) is 9.79 Å². The second-order valence-corrected chi connectivity index (χ2v) is 9.80. The minimum absolute atomic E-state index is 0.288. The maximum atomic E-state index is 13.4. The third kappa shape index (κ3) is 2.14. The molecule has 0 amide bonds. The summed E-state index contributed by atoms with van der Waals surface area (Å²) in [5, 5.41) is 3.11. The fraction of sp³-hybridized carbons (Fsp3) is 0. The van der Waals surface area contributed by atoms with Crippen molar-refractivity contribution in [1.29, 1.82) is 0 Å². The lowest BCUT2D eigenvalue weighted by molar-refractivity contribution is 0.594. The van der Waals surface area contributed by atoms with Gasteiger partial charge in [-0.2, -0.15) is 0 Å². The third-order valence-electron chi connectivity index (χ3n) is 6.18. The Morgan fingerprint density at radius 2 is 1.53 bits per heavy atom. The predicted octanol–water partition coefficient (Wildman–Crippen LogP) is 5.54.